The Morgan fingerprint density at radius 2 is 1.40 bits per heavy atom. The lowest BCUT2D eigenvalue weighted by molar-refractivity contribution is 0.982. The fourth-order valence-corrected chi connectivity index (χ4v) is 5.18. The average molecular weight is 314 g/mol. The van der Waals surface area contributed by atoms with Crippen molar-refractivity contribution in [3.63, 3.8) is 0 Å². The summed E-state index contributed by atoms with van der Waals surface area (Å²) in [6.07, 6.45) is 2.13. The maximum absolute atomic E-state index is 5.51. The molecule has 1 heterocycles. The molecule has 0 unspecified atom stereocenters. The Kier molecular flexibility index (Phi) is 4.41. The van der Waals surface area contributed by atoms with Crippen molar-refractivity contribution in [3.05, 3.63) is 74.9 Å². The molecule has 0 aliphatic carbocycles. The standard InChI is InChI=1S/C17H14S3/c18-17-16(14-9-5-2-6-10-14)15(19-20-17)12-11-13-7-3-1-4-8-13/h1-10H,11-12H2. The van der Waals surface area contributed by atoms with Crippen LogP contribution in [0.3, 0.4) is 0 Å². The second-order valence-corrected chi connectivity index (χ2v) is 7.50. The van der Waals surface area contributed by atoms with E-state index in [1.165, 1.54) is 21.6 Å². The van der Waals surface area contributed by atoms with E-state index in [0.29, 0.717) is 0 Å². The Morgan fingerprint density at radius 1 is 0.750 bits per heavy atom. The Balaban J connectivity index is 1.87. The van der Waals surface area contributed by atoms with Gasteiger partial charge in [0.25, 0.3) is 0 Å². The summed E-state index contributed by atoms with van der Waals surface area (Å²) in [5, 5.41) is 0. The van der Waals surface area contributed by atoms with Crippen molar-refractivity contribution < 1.29 is 0 Å². The number of rotatable bonds is 4. The molecule has 0 atom stereocenters. The van der Waals surface area contributed by atoms with Crippen LogP contribution >= 0.6 is 32.9 Å². The molecule has 0 saturated carbocycles. The summed E-state index contributed by atoms with van der Waals surface area (Å²) in [4.78, 5) is 1.41. The van der Waals surface area contributed by atoms with E-state index in [1.807, 2.05) is 16.4 Å². The van der Waals surface area contributed by atoms with Gasteiger partial charge in [0.1, 0.15) is 3.82 Å². The highest BCUT2D eigenvalue weighted by Crippen LogP contribution is 2.34. The first-order chi connectivity index (χ1) is 9.84. The molecule has 0 spiro atoms. The third-order valence-corrected chi connectivity index (χ3v) is 6.42. The molecule has 0 aliphatic heterocycles. The largest absolute Gasteiger partial charge is 0.109 e. The first-order valence-corrected chi connectivity index (χ1v) is 9.12. The van der Waals surface area contributed by atoms with Gasteiger partial charge < -0.3 is 0 Å². The Bertz CT molecular complexity index is 724. The Labute approximate surface area is 131 Å². The van der Waals surface area contributed by atoms with Gasteiger partial charge in [-0.2, -0.15) is 0 Å². The van der Waals surface area contributed by atoms with Crippen molar-refractivity contribution >= 4 is 32.9 Å². The van der Waals surface area contributed by atoms with Gasteiger partial charge in [0.2, 0.25) is 0 Å². The monoisotopic (exact) mass is 314 g/mol. The van der Waals surface area contributed by atoms with Gasteiger partial charge in [0, 0.05) is 10.4 Å². The highest BCUT2D eigenvalue weighted by atomic mass is 32.9. The number of benzene rings is 2. The lowest BCUT2D eigenvalue weighted by atomic mass is 10.0. The highest BCUT2D eigenvalue weighted by molar-refractivity contribution is 7.79. The molecule has 3 rings (SSSR count). The van der Waals surface area contributed by atoms with E-state index in [4.69, 9.17) is 12.2 Å². The molecule has 20 heavy (non-hydrogen) atoms. The van der Waals surface area contributed by atoms with Crippen LogP contribution in [-0.4, -0.2) is 0 Å². The molecule has 0 aliphatic rings. The van der Waals surface area contributed by atoms with E-state index in [1.54, 1.807) is 10.3 Å². The summed E-state index contributed by atoms with van der Waals surface area (Å²) in [7, 11) is 3.55. The minimum Gasteiger partial charge on any atom is -0.0830 e. The number of hydrogen-bond donors (Lipinski definition) is 0. The number of aryl methyl sites for hydroxylation is 2. The zero-order chi connectivity index (χ0) is 13.8. The molecular formula is C17H14S3. The quantitative estimate of drug-likeness (QED) is 0.421. The minimum absolute atomic E-state index is 1.02. The fraction of sp³-hybridized carbons (Fsp3) is 0.118. The third-order valence-electron chi connectivity index (χ3n) is 3.25. The molecule has 0 N–H and O–H groups in total. The minimum atomic E-state index is 1.02. The topological polar surface area (TPSA) is 0 Å². The molecular weight excluding hydrogens is 300 g/mol. The molecule has 100 valence electrons. The first kappa shape index (κ1) is 13.7. The van der Waals surface area contributed by atoms with E-state index >= 15 is 0 Å². The molecule has 0 fully saturated rings. The van der Waals surface area contributed by atoms with Crippen LogP contribution in [-0.2, 0) is 12.8 Å². The molecule has 2 aromatic carbocycles. The van der Waals surface area contributed by atoms with Crippen LogP contribution in [0.5, 0.6) is 0 Å². The van der Waals surface area contributed by atoms with Crippen molar-refractivity contribution in [3.8, 4) is 11.1 Å². The van der Waals surface area contributed by atoms with Crippen molar-refractivity contribution in [2.45, 2.75) is 12.8 Å². The van der Waals surface area contributed by atoms with E-state index in [2.05, 4.69) is 54.6 Å². The maximum atomic E-state index is 5.51. The van der Waals surface area contributed by atoms with Crippen LogP contribution in [0.25, 0.3) is 11.1 Å². The first-order valence-electron chi connectivity index (χ1n) is 6.56. The summed E-state index contributed by atoms with van der Waals surface area (Å²) < 4.78 is 1.02. The van der Waals surface area contributed by atoms with Gasteiger partial charge in [-0.1, -0.05) is 93.6 Å². The molecule has 3 aromatic rings. The van der Waals surface area contributed by atoms with Crippen molar-refractivity contribution in [1.29, 1.82) is 0 Å². The predicted molar refractivity (Wildman–Crippen MR) is 92.3 cm³/mol. The van der Waals surface area contributed by atoms with E-state index < -0.39 is 0 Å². The smallest absolute Gasteiger partial charge is 0.0830 e. The van der Waals surface area contributed by atoms with Gasteiger partial charge in [-0.25, -0.2) is 0 Å². The zero-order valence-corrected chi connectivity index (χ0v) is 13.4. The molecule has 1 aromatic heterocycles. The van der Waals surface area contributed by atoms with Crippen molar-refractivity contribution in [2.75, 3.05) is 0 Å². The summed E-state index contributed by atoms with van der Waals surface area (Å²) >= 11 is 5.51. The summed E-state index contributed by atoms with van der Waals surface area (Å²) in [5.41, 5.74) is 3.90. The van der Waals surface area contributed by atoms with E-state index in [9.17, 15) is 0 Å². The second-order valence-electron chi connectivity index (χ2n) is 4.60. The van der Waals surface area contributed by atoms with E-state index in [0.717, 1.165) is 16.7 Å². The van der Waals surface area contributed by atoms with Crippen molar-refractivity contribution in [2.24, 2.45) is 0 Å². The van der Waals surface area contributed by atoms with Gasteiger partial charge in [0.05, 0.1) is 0 Å². The molecule has 0 bridgehead atoms. The van der Waals surface area contributed by atoms with Gasteiger partial charge in [-0.15, -0.1) is 0 Å². The maximum Gasteiger partial charge on any atom is 0.109 e. The van der Waals surface area contributed by atoms with Gasteiger partial charge in [-0.3, -0.25) is 0 Å². The Morgan fingerprint density at radius 3 is 2.10 bits per heavy atom. The van der Waals surface area contributed by atoms with Gasteiger partial charge in [0.15, 0.2) is 0 Å². The lowest BCUT2D eigenvalue weighted by Crippen LogP contribution is -1.90. The van der Waals surface area contributed by atoms with Crippen LogP contribution in [0.15, 0.2) is 60.7 Å². The van der Waals surface area contributed by atoms with Crippen LogP contribution in [0.2, 0.25) is 0 Å². The van der Waals surface area contributed by atoms with Crippen LogP contribution < -0.4 is 0 Å². The van der Waals surface area contributed by atoms with Crippen LogP contribution in [0, 0.1) is 3.82 Å². The zero-order valence-electron chi connectivity index (χ0n) is 10.9. The molecule has 0 nitrogen and oxygen atoms in total. The molecule has 0 saturated heterocycles. The van der Waals surface area contributed by atoms with Crippen LogP contribution in [0.4, 0.5) is 0 Å². The molecule has 0 radical (unpaired) electrons. The number of hydrogen-bond acceptors (Lipinski definition) is 3. The summed E-state index contributed by atoms with van der Waals surface area (Å²) in [5.74, 6) is 0. The summed E-state index contributed by atoms with van der Waals surface area (Å²) in [6, 6.07) is 21.1. The average Bonchev–Trinajstić information content (AvgIpc) is 2.88. The SMILES string of the molecule is S=c1ssc(CCc2ccccc2)c1-c1ccccc1. The molecule has 0 amide bonds. The van der Waals surface area contributed by atoms with Crippen molar-refractivity contribution in [1.82, 2.24) is 0 Å². The molecule has 3 heteroatoms. The fourth-order valence-electron chi connectivity index (χ4n) is 2.24. The Hall–Kier alpha value is -1.29. The lowest BCUT2D eigenvalue weighted by Gasteiger charge is -2.04. The predicted octanol–water partition coefficient (Wildman–Crippen LogP) is 5.99. The highest BCUT2D eigenvalue weighted by Gasteiger charge is 2.10. The van der Waals surface area contributed by atoms with Gasteiger partial charge >= 0.3 is 0 Å². The van der Waals surface area contributed by atoms with E-state index in [-0.39, 0.29) is 0 Å². The second kappa shape index (κ2) is 6.44. The normalized spacial score (nSPS) is 10.6. The van der Waals surface area contributed by atoms with Crippen LogP contribution in [0.1, 0.15) is 10.4 Å². The third kappa shape index (κ3) is 3.06. The van der Waals surface area contributed by atoms with Gasteiger partial charge in [-0.05, 0) is 24.0 Å². The summed E-state index contributed by atoms with van der Waals surface area (Å²) in [6.45, 7) is 0.